The average molecular weight is 542 g/mol. The van der Waals surface area contributed by atoms with Crippen LogP contribution in [0.25, 0.3) is 0 Å². The van der Waals surface area contributed by atoms with Gasteiger partial charge in [0.25, 0.3) is 5.91 Å². The number of amides is 1. The van der Waals surface area contributed by atoms with Gasteiger partial charge in [0.1, 0.15) is 11.9 Å². The first-order valence-electron chi connectivity index (χ1n) is 9.83. The molecule has 31 heavy (non-hydrogen) atoms. The van der Waals surface area contributed by atoms with Crippen molar-refractivity contribution < 1.29 is 19.0 Å². The van der Waals surface area contributed by atoms with Gasteiger partial charge in [0, 0.05) is 6.54 Å². The second-order valence-electron chi connectivity index (χ2n) is 6.56. The van der Waals surface area contributed by atoms with Crippen LogP contribution in [0, 0.1) is 0 Å². The number of nitrogens with one attached hydrogen (secondary N) is 2. The third-order valence-corrected chi connectivity index (χ3v) is 4.00. The summed E-state index contributed by atoms with van der Waals surface area (Å²) in [5.74, 6) is 2.14. The van der Waals surface area contributed by atoms with Crippen molar-refractivity contribution >= 4 is 35.8 Å². The van der Waals surface area contributed by atoms with Crippen molar-refractivity contribution in [3.8, 4) is 17.2 Å². The van der Waals surface area contributed by atoms with E-state index in [1.165, 1.54) is 0 Å². The second kappa shape index (κ2) is 14.3. The zero-order valence-corrected chi connectivity index (χ0v) is 20.4. The van der Waals surface area contributed by atoms with E-state index in [2.05, 4.69) is 15.6 Å². The third kappa shape index (κ3) is 9.77. The van der Waals surface area contributed by atoms with Gasteiger partial charge in [-0.05, 0) is 43.7 Å². The van der Waals surface area contributed by atoms with Gasteiger partial charge in [-0.2, -0.15) is 0 Å². The Morgan fingerprint density at radius 2 is 1.87 bits per heavy atom. The zero-order valence-electron chi connectivity index (χ0n) is 18.1. The van der Waals surface area contributed by atoms with Crippen LogP contribution < -0.4 is 30.6 Å². The molecule has 0 saturated carbocycles. The van der Waals surface area contributed by atoms with Gasteiger partial charge >= 0.3 is 0 Å². The Labute approximate surface area is 200 Å². The Morgan fingerprint density at radius 3 is 2.55 bits per heavy atom. The van der Waals surface area contributed by atoms with Crippen LogP contribution in [0.5, 0.6) is 17.2 Å². The fourth-order valence-electron chi connectivity index (χ4n) is 2.62. The number of para-hydroxylation sites is 2. The van der Waals surface area contributed by atoms with E-state index in [1.54, 1.807) is 13.2 Å². The van der Waals surface area contributed by atoms with Crippen molar-refractivity contribution in [3.63, 3.8) is 0 Å². The van der Waals surface area contributed by atoms with E-state index in [0.717, 1.165) is 12.1 Å². The molecule has 0 aromatic heterocycles. The molecule has 2 aromatic carbocycles. The minimum absolute atomic E-state index is 0. The zero-order chi connectivity index (χ0) is 21.8. The molecule has 0 saturated heterocycles. The Hall–Kier alpha value is -2.69. The maximum Gasteiger partial charge on any atom is 0.255 e. The quantitative estimate of drug-likeness (QED) is 0.229. The number of guanidine groups is 1. The van der Waals surface area contributed by atoms with Gasteiger partial charge in [0.2, 0.25) is 0 Å². The molecular formula is C22H31IN4O4. The molecule has 1 unspecified atom stereocenters. The average Bonchev–Trinajstić information content (AvgIpc) is 2.75. The molecule has 4 N–H and O–H groups in total. The summed E-state index contributed by atoms with van der Waals surface area (Å²) in [6.45, 7) is 5.57. The highest BCUT2D eigenvalue weighted by molar-refractivity contribution is 14.0. The predicted molar refractivity (Wildman–Crippen MR) is 132 cm³/mol. The molecule has 0 aliphatic rings. The van der Waals surface area contributed by atoms with E-state index in [1.807, 2.05) is 56.3 Å². The number of benzene rings is 2. The van der Waals surface area contributed by atoms with Gasteiger partial charge in [0.05, 0.1) is 20.2 Å². The lowest BCUT2D eigenvalue weighted by atomic mass is 10.2. The molecule has 2 aromatic rings. The van der Waals surface area contributed by atoms with Crippen molar-refractivity contribution in [2.24, 2.45) is 10.7 Å². The predicted octanol–water partition coefficient (Wildman–Crippen LogP) is 2.70. The van der Waals surface area contributed by atoms with Crippen molar-refractivity contribution in [2.75, 3.05) is 26.8 Å². The number of nitrogens with two attached hydrogens (primary N) is 1. The van der Waals surface area contributed by atoms with Crippen LogP contribution in [0.4, 0.5) is 0 Å². The van der Waals surface area contributed by atoms with E-state index >= 15 is 0 Å². The van der Waals surface area contributed by atoms with Gasteiger partial charge in [-0.1, -0.05) is 24.3 Å². The summed E-state index contributed by atoms with van der Waals surface area (Å²) < 4.78 is 16.6. The number of rotatable bonds is 11. The number of carbonyl (C=O) groups excluding carboxylic acids is 1. The summed E-state index contributed by atoms with van der Waals surface area (Å²) in [4.78, 5) is 15.5. The number of carbonyl (C=O) groups is 1. The lowest BCUT2D eigenvalue weighted by molar-refractivity contribution is -0.119. The molecule has 9 heteroatoms. The van der Waals surface area contributed by atoms with Crippen LogP contribution in [0.15, 0.2) is 53.5 Å². The normalized spacial score (nSPS) is 11.6. The van der Waals surface area contributed by atoms with E-state index in [-0.39, 0.29) is 36.7 Å². The van der Waals surface area contributed by atoms with Crippen LogP contribution in [-0.4, -0.2) is 44.8 Å². The number of halogens is 1. The largest absolute Gasteiger partial charge is 0.493 e. The Kier molecular flexibility index (Phi) is 12.2. The topological polar surface area (TPSA) is 107 Å². The van der Waals surface area contributed by atoms with Gasteiger partial charge in [-0.25, -0.2) is 4.99 Å². The summed E-state index contributed by atoms with van der Waals surface area (Å²) in [6, 6.07) is 15.0. The maximum atomic E-state index is 10.9. The van der Waals surface area contributed by atoms with Crippen LogP contribution in [0.1, 0.15) is 19.4 Å². The lowest BCUT2D eigenvalue weighted by Gasteiger charge is -2.19. The Bertz CT molecular complexity index is 848. The van der Waals surface area contributed by atoms with Crippen molar-refractivity contribution in [1.82, 2.24) is 10.6 Å². The molecule has 170 valence electrons. The van der Waals surface area contributed by atoms with Crippen LogP contribution in [0.3, 0.4) is 0 Å². The van der Waals surface area contributed by atoms with E-state index < -0.39 is 5.91 Å². The molecule has 0 fully saturated rings. The van der Waals surface area contributed by atoms with Crippen LogP contribution in [-0.2, 0) is 11.3 Å². The Balaban J connectivity index is 0.00000480. The highest BCUT2D eigenvalue weighted by Gasteiger charge is 2.09. The summed E-state index contributed by atoms with van der Waals surface area (Å²) in [5, 5.41) is 6.50. The number of ether oxygens (including phenoxy) is 3. The van der Waals surface area contributed by atoms with Crippen LogP contribution >= 0.6 is 24.0 Å². The van der Waals surface area contributed by atoms with Gasteiger partial charge in [-0.3, -0.25) is 4.79 Å². The summed E-state index contributed by atoms with van der Waals surface area (Å²) in [5.41, 5.74) is 6.06. The minimum Gasteiger partial charge on any atom is -0.493 e. The first-order valence-corrected chi connectivity index (χ1v) is 9.83. The first-order chi connectivity index (χ1) is 14.5. The van der Waals surface area contributed by atoms with Gasteiger partial charge < -0.3 is 30.6 Å². The molecule has 8 nitrogen and oxygen atoms in total. The fraction of sp³-hybridized carbons (Fsp3) is 0.364. The summed E-state index contributed by atoms with van der Waals surface area (Å²) >= 11 is 0. The molecule has 2 rings (SSSR count). The van der Waals surface area contributed by atoms with Crippen molar-refractivity contribution in [1.29, 1.82) is 0 Å². The molecule has 0 bridgehead atoms. The number of aliphatic imine (C=N–C) groups is 1. The number of hydrogen-bond donors (Lipinski definition) is 3. The third-order valence-electron chi connectivity index (χ3n) is 4.00. The smallest absolute Gasteiger partial charge is 0.255 e. The van der Waals surface area contributed by atoms with Crippen molar-refractivity contribution in [2.45, 2.75) is 26.5 Å². The van der Waals surface area contributed by atoms with Gasteiger partial charge in [-0.15, -0.1) is 24.0 Å². The fourth-order valence-corrected chi connectivity index (χ4v) is 2.62. The van der Waals surface area contributed by atoms with Crippen LogP contribution in [0.2, 0.25) is 0 Å². The number of nitrogens with zero attached hydrogens (tertiary/aromatic N) is 1. The molecular weight excluding hydrogens is 511 g/mol. The number of primary amides is 1. The molecule has 0 aliphatic carbocycles. The number of methoxy groups -OCH3 is 1. The highest BCUT2D eigenvalue weighted by Crippen LogP contribution is 2.26. The second-order valence-corrected chi connectivity index (χ2v) is 6.56. The molecule has 1 atom stereocenters. The SMILES string of the molecule is CCNC(=NCc1cccc(OCC(N)=O)c1)NCC(C)Oc1ccccc1OC.I. The first kappa shape index (κ1) is 26.3. The molecule has 1 amide bonds. The molecule has 0 heterocycles. The minimum atomic E-state index is -0.512. The maximum absolute atomic E-state index is 10.9. The molecule has 0 radical (unpaired) electrons. The van der Waals surface area contributed by atoms with E-state index in [9.17, 15) is 4.79 Å². The standard InChI is InChI=1S/C22H30N4O4.HI/c1-4-24-22(25-13-16(2)30-20-11-6-5-10-19(20)28-3)26-14-17-8-7-9-18(12-17)29-15-21(23)27;/h5-12,16H,4,13-15H2,1-3H3,(H2,23,27)(H2,24,25,26);1H. The molecule has 0 aliphatic heterocycles. The summed E-state index contributed by atoms with van der Waals surface area (Å²) in [6.07, 6.45) is -0.101. The number of hydrogen-bond acceptors (Lipinski definition) is 5. The lowest BCUT2D eigenvalue weighted by Crippen LogP contribution is -2.41. The Morgan fingerprint density at radius 1 is 1.13 bits per heavy atom. The monoisotopic (exact) mass is 542 g/mol. The molecule has 0 spiro atoms. The van der Waals surface area contributed by atoms with E-state index in [0.29, 0.717) is 36.3 Å². The highest BCUT2D eigenvalue weighted by atomic mass is 127. The summed E-state index contributed by atoms with van der Waals surface area (Å²) in [7, 11) is 1.62. The van der Waals surface area contributed by atoms with Gasteiger partial charge in [0.15, 0.2) is 24.1 Å². The van der Waals surface area contributed by atoms with E-state index in [4.69, 9.17) is 19.9 Å². The van der Waals surface area contributed by atoms with Crippen molar-refractivity contribution in [3.05, 3.63) is 54.1 Å².